The van der Waals surface area contributed by atoms with Crippen LogP contribution in [0.5, 0.6) is 0 Å². The van der Waals surface area contributed by atoms with Gasteiger partial charge >= 0.3 is 6.03 Å². The minimum Gasteiger partial charge on any atom is -0.336 e. The van der Waals surface area contributed by atoms with Gasteiger partial charge in [-0.1, -0.05) is 23.7 Å². The second-order valence-electron chi connectivity index (χ2n) is 5.77. The third kappa shape index (κ3) is 4.14. The largest absolute Gasteiger partial charge is 0.336 e. The molecule has 2 aromatic rings. The van der Waals surface area contributed by atoms with Gasteiger partial charge in [-0.05, 0) is 42.5 Å². The molecule has 126 valence electrons. The standard InChI is InChI=1S/C17H19ClN4O2/c18-14-6-4-12(5-7-14)11-20-17(24)19-8-9-22-16(23)10-13-2-1-3-15(13)21-22/h4-7,10H,1-3,8-9,11H2,(H2,19,20,24). The normalized spacial score (nSPS) is 12.7. The van der Waals surface area contributed by atoms with E-state index in [2.05, 4.69) is 15.7 Å². The Hall–Kier alpha value is -2.34. The van der Waals surface area contributed by atoms with Crippen LogP contribution in [-0.2, 0) is 25.9 Å². The lowest BCUT2D eigenvalue weighted by Gasteiger charge is -2.09. The van der Waals surface area contributed by atoms with Crippen molar-refractivity contribution in [1.82, 2.24) is 20.4 Å². The fraction of sp³-hybridized carbons (Fsp3) is 0.353. The summed E-state index contributed by atoms with van der Waals surface area (Å²) in [6.07, 6.45) is 2.91. The van der Waals surface area contributed by atoms with Crippen molar-refractivity contribution >= 4 is 17.6 Å². The number of hydrogen-bond acceptors (Lipinski definition) is 3. The predicted molar refractivity (Wildman–Crippen MR) is 92.2 cm³/mol. The molecule has 7 heteroatoms. The fourth-order valence-electron chi connectivity index (χ4n) is 2.72. The van der Waals surface area contributed by atoms with Crippen molar-refractivity contribution in [3.63, 3.8) is 0 Å². The number of urea groups is 1. The fourth-order valence-corrected chi connectivity index (χ4v) is 2.85. The Bertz CT molecular complexity index is 786. The number of rotatable bonds is 5. The number of aromatic nitrogens is 2. The van der Waals surface area contributed by atoms with Crippen molar-refractivity contribution in [1.29, 1.82) is 0 Å². The van der Waals surface area contributed by atoms with Gasteiger partial charge in [-0.2, -0.15) is 5.10 Å². The molecule has 0 fully saturated rings. The summed E-state index contributed by atoms with van der Waals surface area (Å²) in [7, 11) is 0. The highest BCUT2D eigenvalue weighted by Gasteiger charge is 2.14. The van der Waals surface area contributed by atoms with Gasteiger partial charge in [-0.15, -0.1) is 0 Å². The lowest BCUT2D eigenvalue weighted by molar-refractivity contribution is 0.240. The maximum Gasteiger partial charge on any atom is 0.315 e. The van der Waals surface area contributed by atoms with Crippen molar-refractivity contribution in [2.24, 2.45) is 0 Å². The Morgan fingerprint density at radius 1 is 1.21 bits per heavy atom. The minimum absolute atomic E-state index is 0.112. The predicted octanol–water partition coefficient (Wildman–Crippen LogP) is 1.88. The Morgan fingerprint density at radius 2 is 2.00 bits per heavy atom. The average Bonchev–Trinajstić information content (AvgIpc) is 3.01. The number of nitrogens with one attached hydrogen (secondary N) is 2. The monoisotopic (exact) mass is 346 g/mol. The topological polar surface area (TPSA) is 76.0 Å². The van der Waals surface area contributed by atoms with E-state index >= 15 is 0 Å². The smallest absolute Gasteiger partial charge is 0.315 e. The van der Waals surface area contributed by atoms with E-state index in [0.29, 0.717) is 24.7 Å². The Kier molecular flexibility index (Phi) is 5.15. The second kappa shape index (κ2) is 7.49. The first-order chi connectivity index (χ1) is 11.6. The zero-order valence-corrected chi connectivity index (χ0v) is 14.0. The van der Waals surface area contributed by atoms with Gasteiger partial charge in [0.2, 0.25) is 0 Å². The van der Waals surface area contributed by atoms with Crippen LogP contribution in [0.1, 0.15) is 23.2 Å². The van der Waals surface area contributed by atoms with Crippen LogP contribution in [0.2, 0.25) is 5.02 Å². The van der Waals surface area contributed by atoms with Gasteiger partial charge in [0.05, 0.1) is 12.2 Å². The van der Waals surface area contributed by atoms with E-state index in [0.717, 1.165) is 36.1 Å². The van der Waals surface area contributed by atoms with Gasteiger partial charge in [-0.3, -0.25) is 4.79 Å². The number of aryl methyl sites for hydroxylation is 2. The Balaban J connectivity index is 1.45. The van der Waals surface area contributed by atoms with Crippen LogP contribution >= 0.6 is 11.6 Å². The summed E-state index contributed by atoms with van der Waals surface area (Å²) in [6, 6.07) is 8.66. The summed E-state index contributed by atoms with van der Waals surface area (Å²) in [5, 5.41) is 10.5. The zero-order chi connectivity index (χ0) is 16.9. The highest BCUT2D eigenvalue weighted by atomic mass is 35.5. The molecule has 1 aromatic carbocycles. The van der Waals surface area contributed by atoms with Gasteiger partial charge in [0.15, 0.2) is 0 Å². The molecule has 24 heavy (non-hydrogen) atoms. The molecule has 0 radical (unpaired) electrons. The van der Waals surface area contributed by atoms with E-state index < -0.39 is 0 Å². The van der Waals surface area contributed by atoms with Gasteiger partial charge in [-0.25, -0.2) is 9.48 Å². The van der Waals surface area contributed by atoms with Crippen molar-refractivity contribution in [3.05, 3.63) is 62.5 Å². The minimum atomic E-state index is -0.279. The Labute approximate surface area is 144 Å². The van der Waals surface area contributed by atoms with Crippen molar-refractivity contribution in [2.45, 2.75) is 32.4 Å². The summed E-state index contributed by atoms with van der Waals surface area (Å²) in [6.45, 7) is 1.12. The van der Waals surface area contributed by atoms with E-state index in [9.17, 15) is 9.59 Å². The molecular formula is C17H19ClN4O2. The highest BCUT2D eigenvalue weighted by molar-refractivity contribution is 6.30. The van der Waals surface area contributed by atoms with E-state index in [4.69, 9.17) is 11.6 Å². The first-order valence-electron chi connectivity index (χ1n) is 7.98. The lowest BCUT2D eigenvalue weighted by Crippen LogP contribution is -2.38. The molecule has 2 N–H and O–H groups in total. The third-order valence-electron chi connectivity index (χ3n) is 4.00. The van der Waals surface area contributed by atoms with Gasteiger partial charge < -0.3 is 10.6 Å². The third-order valence-corrected chi connectivity index (χ3v) is 4.25. The maximum absolute atomic E-state index is 12.0. The summed E-state index contributed by atoms with van der Waals surface area (Å²) in [4.78, 5) is 23.7. The highest BCUT2D eigenvalue weighted by Crippen LogP contribution is 2.16. The van der Waals surface area contributed by atoms with Crippen LogP contribution < -0.4 is 16.2 Å². The molecule has 0 atom stereocenters. The van der Waals surface area contributed by atoms with E-state index in [1.54, 1.807) is 18.2 Å². The summed E-state index contributed by atoms with van der Waals surface area (Å²) in [5.41, 5.74) is 2.91. The van der Waals surface area contributed by atoms with E-state index in [1.807, 2.05) is 12.1 Å². The quantitative estimate of drug-likeness (QED) is 0.868. The van der Waals surface area contributed by atoms with Crippen molar-refractivity contribution in [2.75, 3.05) is 6.54 Å². The number of amides is 2. The summed E-state index contributed by atoms with van der Waals surface area (Å²) < 4.78 is 1.42. The van der Waals surface area contributed by atoms with Crippen molar-refractivity contribution < 1.29 is 4.79 Å². The van der Waals surface area contributed by atoms with Crippen LogP contribution in [0.25, 0.3) is 0 Å². The molecule has 0 bridgehead atoms. The van der Waals surface area contributed by atoms with Gasteiger partial charge in [0.25, 0.3) is 5.56 Å². The van der Waals surface area contributed by atoms with Crippen LogP contribution in [0.3, 0.4) is 0 Å². The number of nitrogens with zero attached hydrogens (tertiary/aromatic N) is 2. The van der Waals surface area contributed by atoms with Crippen molar-refractivity contribution in [3.8, 4) is 0 Å². The molecule has 6 nitrogen and oxygen atoms in total. The van der Waals surface area contributed by atoms with E-state index in [1.165, 1.54) is 4.68 Å². The average molecular weight is 347 g/mol. The molecule has 1 aromatic heterocycles. The maximum atomic E-state index is 12.0. The molecule has 0 spiro atoms. The summed E-state index contributed by atoms with van der Waals surface area (Å²) >= 11 is 5.82. The molecule has 0 aliphatic heterocycles. The van der Waals surface area contributed by atoms with Crippen LogP contribution in [0.15, 0.2) is 35.1 Å². The van der Waals surface area contributed by atoms with Gasteiger partial charge in [0.1, 0.15) is 0 Å². The second-order valence-corrected chi connectivity index (χ2v) is 6.20. The van der Waals surface area contributed by atoms with Crippen LogP contribution in [0.4, 0.5) is 4.79 Å². The Morgan fingerprint density at radius 3 is 2.79 bits per heavy atom. The SMILES string of the molecule is O=C(NCCn1nc2c(cc1=O)CCC2)NCc1ccc(Cl)cc1. The van der Waals surface area contributed by atoms with Crippen LogP contribution in [0, 0.1) is 0 Å². The molecule has 2 amide bonds. The zero-order valence-electron chi connectivity index (χ0n) is 13.2. The first kappa shape index (κ1) is 16.5. The number of fused-ring (bicyclic) bond motifs is 1. The number of benzene rings is 1. The molecule has 1 aliphatic rings. The van der Waals surface area contributed by atoms with Gasteiger partial charge in [0, 0.05) is 24.2 Å². The molecule has 1 aliphatic carbocycles. The number of carbonyl (C=O) groups is 1. The molecular weight excluding hydrogens is 328 g/mol. The summed E-state index contributed by atoms with van der Waals surface area (Å²) in [5.74, 6) is 0. The van der Waals surface area contributed by atoms with E-state index in [-0.39, 0.29) is 11.6 Å². The number of hydrogen-bond donors (Lipinski definition) is 2. The lowest BCUT2D eigenvalue weighted by atomic mass is 10.2. The molecule has 0 saturated carbocycles. The first-order valence-corrected chi connectivity index (χ1v) is 8.36. The van der Waals surface area contributed by atoms with Crippen LogP contribution in [-0.4, -0.2) is 22.4 Å². The number of halogens is 1. The molecule has 0 saturated heterocycles. The number of carbonyl (C=O) groups excluding carboxylic acids is 1. The molecule has 0 unspecified atom stereocenters. The molecule has 3 rings (SSSR count). The molecule has 1 heterocycles.